The molecule has 0 saturated carbocycles. The first-order valence-electron chi connectivity index (χ1n) is 4.38. The molecule has 1 heterocycles. The SMILES string of the molecule is C#CCCCNC(=O)c1cnoc1C. The second-order valence-corrected chi connectivity index (χ2v) is 2.86. The molecule has 0 aromatic carbocycles. The van der Waals surface area contributed by atoms with Crippen LogP contribution in [0.4, 0.5) is 0 Å². The predicted octanol–water partition coefficient (Wildman–Crippen LogP) is 1.13. The number of hydrogen-bond donors (Lipinski definition) is 1. The highest BCUT2D eigenvalue weighted by Gasteiger charge is 2.11. The Morgan fingerprint density at radius 3 is 3.14 bits per heavy atom. The van der Waals surface area contributed by atoms with Crippen molar-refractivity contribution in [2.45, 2.75) is 19.8 Å². The molecule has 74 valence electrons. The third-order valence-electron chi connectivity index (χ3n) is 1.78. The van der Waals surface area contributed by atoms with Crippen molar-refractivity contribution < 1.29 is 9.32 Å². The van der Waals surface area contributed by atoms with Gasteiger partial charge in [-0.25, -0.2) is 0 Å². The third-order valence-corrected chi connectivity index (χ3v) is 1.78. The van der Waals surface area contributed by atoms with Crippen LogP contribution in [0.25, 0.3) is 0 Å². The van der Waals surface area contributed by atoms with Crippen LogP contribution in [0.1, 0.15) is 29.0 Å². The minimum Gasteiger partial charge on any atom is -0.361 e. The van der Waals surface area contributed by atoms with Crippen molar-refractivity contribution in [2.75, 3.05) is 6.54 Å². The zero-order chi connectivity index (χ0) is 10.4. The molecule has 1 aromatic rings. The Hall–Kier alpha value is -1.76. The molecule has 14 heavy (non-hydrogen) atoms. The van der Waals surface area contributed by atoms with Crippen LogP contribution in [0, 0.1) is 19.3 Å². The first-order valence-corrected chi connectivity index (χ1v) is 4.38. The second kappa shape index (κ2) is 5.07. The van der Waals surface area contributed by atoms with Crippen molar-refractivity contribution >= 4 is 5.91 Å². The standard InChI is InChI=1S/C10H12N2O2/c1-3-4-5-6-11-10(13)9-7-12-14-8(9)2/h1,7H,4-6H2,2H3,(H,11,13). The lowest BCUT2D eigenvalue weighted by atomic mass is 10.2. The van der Waals surface area contributed by atoms with Gasteiger partial charge in [-0.1, -0.05) is 5.16 Å². The van der Waals surface area contributed by atoms with Crippen molar-refractivity contribution in [1.82, 2.24) is 10.5 Å². The minimum absolute atomic E-state index is 0.166. The van der Waals surface area contributed by atoms with E-state index in [1.165, 1.54) is 6.20 Å². The monoisotopic (exact) mass is 192 g/mol. The van der Waals surface area contributed by atoms with Crippen LogP contribution in [-0.4, -0.2) is 17.6 Å². The maximum Gasteiger partial charge on any atom is 0.256 e. The maximum absolute atomic E-state index is 11.4. The Morgan fingerprint density at radius 2 is 2.57 bits per heavy atom. The van der Waals surface area contributed by atoms with Gasteiger partial charge in [0.1, 0.15) is 11.3 Å². The summed E-state index contributed by atoms with van der Waals surface area (Å²) in [6.45, 7) is 2.27. The van der Waals surface area contributed by atoms with E-state index >= 15 is 0 Å². The molecule has 0 unspecified atom stereocenters. The van der Waals surface area contributed by atoms with Crippen molar-refractivity contribution in [3.63, 3.8) is 0 Å². The van der Waals surface area contributed by atoms with Gasteiger partial charge in [0.15, 0.2) is 0 Å². The topological polar surface area (TPSA) is 55.1 Å². The third kappa shape index (κ3) is 2.63. The lowest BCUT2D eigenvalue weighted by molar-refractivity contribution is 0.0952. The van der Waals surface area contributed by atoms with Gasteiger partial charge in [0.05, 0.1) is 6.20 Å². The van der Waals surface area contributed by atoms with E-state index in [-0.39, 0.29) is 5.91 Å². The fraction of sp³-hybridized carbons (Fsp3) is 0.400. The number of hydrogen-bond acceptors (Lipinski definition) is 3. The number of carbonyl (C=O) groups excluding carboxylic acids is 1. The van der Waals surface area contributed by atoms with Crippen molar-refractivity contribution in [2.24, 2.45) is 0 Å². The van der Waals surface area contributed by atoms with Gasteiger partial charge >= 0.3 is 0 Å². The first-order chi connectivity index (χ1) is 6.75. The van der Waals surface area contributed by atoms with Gasteiger partial charge in [-0.3, -0.25) is 4.79 Å². The number of nitrogens with zero attached hydrogens (tertiary/aromatic N) is 1. The van der Waals surface area contributed by atoms with E-state index in [4.69, 9.17) is 10.9 Å². The van der Waals surface area contributed by atoms with Gasteiger partial charge in [0, 0.05) is 13.0 Å². The van der Waals surface area contributed by atoms with Crippen LogP contribution in [0.15, 0.2) is 10.7 Å². The van der Waals surface area contributed by atoms with Gasteiger partial charge < -0.3 is 9.84 Å². The summed E-state index contributed by atoms with van der Waals surface area (Å²) >= 11 is 0. The highest BCUT2D eigenvalue weighted by molar-refractivity contribution is 5.94. The van der Waals surface area contributed by atoms with E-state index in [9.17, 15) is 4.79 Å². The molecule has 0 atom stereocenters. The van der Waals surface area contributed by atoms with Crippen molar-refractivity contribution in [3.05, 3.63) is 17.5 Å². The van der Waals surface area contributed by atoms with E-state index in [0.29, 0.717) is 24.3 Å². The van der Waals surface area contributed by atoms with E-state index in [2.05, 4.69) is 16.4 Å². The Morgan fingerprint density at radius 1 is 1.79 bits per heavy atom. The smallest absolute Gasteiger partial charge is 0.256 e. The van der Waals surface area contributed by atoms with Gasteiger partial charge in [0.25, 0.3) is 5.91 Å². The molecule has 0 spiro atoms. The number of unbranched alkanes of at least 4 members (excludes halogenated alkanes) is 1. The predicted molar refractivity (Wildman–Crippen MR) is 51.6 cm³/mol. The fourth-order valence-corrected chi connectivity index (χ4v) is 1.00. The molecular weight excluding hydrogens is 180 g/mol. The van der Waals surface area contributed by atoms with Gasteiger partial charge in [-0.05, 0) is 13.3 Å². The van der Waals surface area contributed by atoms with Gasteiger partial charge in [-0.15, -0.1) is 12.3 Å². The second-order valence-electron chi connectivity index (χ2n) is 2.86. The Kier molecular flexibility index (Phi) is 3.74. The average Bonchev–Trinajstić information content (AvgIpc) is 2.59. The Balaban J connectivity index is 2.37. The summed E-state index contributed by atoms with van der Waals surface area (Å²) in [7, 11) is 0. The van der Waals surface area contributed by atoms with Crippen LogP contribution in [0.2, 0.25) is 0 Å². The van der Waals surface area contributed by atoms with Gasteiger partial charge in [0.2, 0.25) is 0 Å². The summed E-state index contributed by atoms with van der Waals surface area (Å²) in [5.41, 5.74) is 0.478. The molecule has 1 amide bonds. The molecule has 0 radical (unpaired) electrons. The fourth-order valence-electron chi connectivity index (χ4n) is 1.00. The van der Waals surface area contributed by atoms with Crippen molar-refractivity contribution in [3.8, 4) is 12.3 Å². The summed E-state index contributed by atoms with van der Waals surface area (Å²) in [5, 5.41) is 6.25. The van der Waals surface area contributed by atoms with Crippen LogP contribution < -0.4 is 5.32 Å². The summed E-state index contributed by atoms with van der Waals surface area (Å²) in [5.74, 6) is 2.87. The number of carbonyl (C=O) groups is 1. The molecule has 1 aromatic heterocycles. The molecule has 1 rings (SSSR count). The molecular formula is C10H12N2O2. The number of terminal acetylenes is 1. The number of amides is 1. The molecule has 0 aliphatic heterocycles. The largest absolute Gasteiger partial charge is 0.361 e. The molecule has 1 N–H and O–H groups in total. The lowest BCUT2D eigenvalue weighted by Gasteiger charge is -2.00. The van der Waals surface area contributed by atoms with E-state index in [1.807, 2.05) is 0 Å². The summed E-state index contributed by atoms with van der Waals surface area (Å²) in [4.78, 5) is 11.4. The molecule has 0 aliphatic rings. The maximum atomic E-state index is 11.4. The number of aromatic nitrogens is 1. The highest BCUT2D eigenvalue weighted by Crippen LogP contribution is 2.04. The Labute approximate surface area is 82.7 Å². The summed E-state index contributed by atoms with van der Waals surface area (Å²) in [6, 6.07) is 0. The van der Waals surface area contributed by atoms with Crippen LogP contribution in [-0.2, 0) is 0 Å². The van der Waals surface area contributed by atoms with Crippen LogP contribution in [0.3, 0.4) is 0 Å². The minimum atomic E-state index is -0.166. The zero-order valence-corrected chi connectivity index (χ0v) is 8.04. The van der Waals surface area contributed by atoms with Crippen LogP contribution in [0.5, 0.6) is 0 Å². The van der Waals surface area contributed by atoms with E-state index in [0.717, 1.165) is 6.42 Å². The summed E-state index contributed by atoms with van der Waals surface area (Å²) in [6.07, 6.45) is 7.94. The molecule has 0 bridgehead atoms. The summed E-state index contributed by atoms with van der Waals surface area (Å²) < 4.78 is 4.77. The van der Waals surface area contributed by atoms with E-state index in [1.54, 1.807) is 6.92 Å². The molecule has 0 saturated heterocycles. The highest BCUT2D eigenvalue weighted by atomic mass is 16.5. The zero-order valence-electron chi connectivity index (χ0n) is 8.04. The molecule has 0 aliphatic carbocycles. The normalized spacial score (nSPS) is 9.43. The number of aryl methyl sites for hydroxylation is 1. The quantitative estimate of drug-likeness (QED) is 0.574. The lowest BCUT2D eigenvalue weighted by Crippen LogP contribution is -2.24. The average molecular weight is 192 g/mol. The van der Waals surface area contributed by atoms with Crippen LogP contribution >= 0.6 is 0 Å². The molecule has 4 nitrogen and oxygen atoms in total. The van der Waals surface area contributed by atoms with Crippen molar-refractivity contribution in [1.29, 1.82) is 0 Å². The Bertz CT molecular complexity index is 349. The number of rotatable bonds is 4. The van der Waals surface area contributed by atoms with Gasteiger partial charge in [-0.2, -0.15) is 0 Å². The molecule has 0 fully saturated rings. The number of nitrogens with one attached hydrogen (secondary N) is 1. The first kappa shape index (κ1) is 10.3. The molecule has 4 heteroatoms. The van der Waals surface area contributed by atoms with E-state index < -0.39 is 0 Å².